The van der Waals surface area contributed by atoms with Gasteiger partial charge in [-0.05, 0) is 31.4 Å². The number of methoxy groups -OCH3 is 1. The standard InChI is InChI=1S/C14H19NO3/c1-10-5-3-7-12(13(10)17-2)14(16)15-9-11-6-4-8-18-11/h3,5,7,11H,4,6,8-9H2,1-2H3,(H,15,16)/t11-/m0/s1. The number of hydrogen-bond acceptors (Lipinski definition) is 3. The van der Waals surface area contributed by atoms with Crippen molar-refractivity contribution in [2.45, 2.75) is 25.9 Å². The number of ether oxygens (including phenoxy) is 2. The van der Waals surface area contributed by atoms with Gasteiger partial charge in [-0.2, -0.15) is 0 Å². The zero-order valence-corrected chi connectivity index (χ0v) is 10.9. The van der Waals surface area contributed by atoms with E-state index in [0.29, 0.717) is 17.9 Å². The highest BCUT2D eigenvalue weighted by molar-refractivity contribution is 5.97. The van der Waals surface area contributed by atoms with Gasteiger partial charge in [0.15, 0.2) is 0 Å². The molecule has 98 valence electrons. The molecule has 0 spiro atoms. The molecule has 1 fully saturated rings. The highest BCUT2D eigenvalue weighted by Gasteiger charge is 2.18. The molecule has 1 N–H and O–H groups in total. The molecule has 0 aliphatic carbocycles. The van der Waals surface area contributed by atoms with Crippen molar-refractivity contribution in [3.63, 3.8) is 0 Å². The summed E-state index contributed by atoms with van der Waals surface area (Å²) in [5, 5.41) is 2.90. The molecule has 1 aromatic carbocycles. The Balaban J connectivity index is 2.01. The average molecular weight is 249 g/mol. The number of nitrogens with one attached hydrogen (secondary N) is 1. The third kappa shape index (κ3) is 2.82. The molecule has 0 bridgehead atoms. The van der Waals surface area contributed by atoms with Gasteiger partial charge in [-0.25, -0.2) is 0 Å². The van der Waals surface area contributed by atoms with Crippen molar-refractivity contribution in [3.05, 3.63) is 29.3 Å². The Morgan fingerprint density at radius 3 is 3.06 bits per heavy atom. The van der Waals surface area contributed by atoms with E-state index in [0.717, 1.165) is 25.0 Å². The van der Waals surface area contributed by atoms with Crippen LogP contribution in [0.15, 0.2) is 18.2 Å². The molecule has 0 aromatic heterocycles. The van der Waals surface area contributed by atoms with Crippen molar-refractivity contribution >= 4 is 5.91 Å². The van der Waals surface area contributed by atoms with E-state index in [-0.39, 0.29) is 12.0 Å². The summed E-state index contributed by atoms with van der Waals surface area (Å²) in [6.07, 6.45) is 2.25. The van der Waals surface area contributed by atoms with Crippen LogP contribution in [-0.2, 0) is 4.74 Å². The highest BCUT2D eigenvalue weighted by Crippen LogP contribution is 2.22. The Morgan fingerprint density at radius 1 is 1.56 bits per heavy atom. The Labute approximate surface area is 107 Å². The van der Waals surface area contributed by atoms with E-state index in [4.69, 9.17) is 9.47 Å². The van der Waals surface area contributed by atoms with Crippen LogP contribution in [0.2, 0.25) is 0 Å². The van der Waals surface area contributed by atoms with Crippen LogP contribution >= 0.6 is 0 Å². The van der Waals surface area contributed by atoms with Gasteiger partial charge in [0.1, 0.15) is 5.75 Å². The largest absolute Gasteiger partial charge is 0.496 e. The van der Waals surface area contributed by atoms with Gasteiger partial charge in [-0.3, -0.25) is 4.79 Å². The quantitative estimate of drug-likeness (QED) is 0.886. The number of rotatable bonds is 4. The number of carbonyl (C=O) groups is 1. The van der Waals surface area contributed by atoms with Crippen LogP contribution in [0.3, 0.4) is 0 Å². The molecule has 0 saturated carbocycles. The molecule has 0 radical (unpaired) electrons. The molecule has 1 aliphatic rings. The van der Waals surface area contributed by atoms with E-state index < -0.39 is 0 Å². The fraction of sp³-hybridized carbons (Fsp3) is 0.500. The Bertz CT molecular complexity index is 425. The fourth-order valence-electron chi connectivity index (χ4n) is 2.21. The van der Waals surface area contributed by atoms with Gasteiger partial charge in [-0.15, -0.1) is 0 Å². The fourth-order valence-corrected chi connectivity index (χ4v) is 2.21. The van der Waals surface area contributed by atoms with Crippen LogP contribution in [0.5, 0.6) is 5.75 Å². The van der Waals surface area contributed by atoms with Crippen LogP contribution in [0.1, 0.15) is 28.8 Å². The van der Waals surface area contributed by atoms with Crippen molar-refractivity contribution in [2.75, 3.05) is 20.3 Å². The van der Waals surface area contributed by atoms with Crippen molar-refractivity contribution < 1.29 is 14.3 Å². The summed E-state index contributed by atoms with van der Waals surface area (Å²) in [6, 6.07) is 5.56. The smallest absolute Gasteiger partial charge is 0.255 e. The molecule has 0 unspecified atom stereocenters. The second-order valence-electron chi connectivity index (χ2n) is 4.50. The topological polar surface area (TPSA) is 47.6 Å². The average Bonchev–Trinajstić information content (AvgIpc) is 2.88. The van der Waals surface area contributed by atoms with Crippen molar-refractivity contribution in [1.29, 1.82) is 0 Å². The summed E-state index contributed by atoms with van der Waals surface area (Å²) in [4.78, 5) is 12.1. The molecule has 1 amide bonds. The number of hydrogen-bond donors (Lipinski definition) is 1. The molecule has 4 heteroatoms. The lowest BCUT2D eigenvalue weighted by atomic mass is 10.1. The van der Waals surface area contributed by atoms with Gasteiger partial charge in [-0.1, -0.05) is 12.1 Å². The Morgan fingerprint density at radius 2 is 2.39 bits per heavy atom. The van der Waals surface area contributed by atoms with E-state index in [2.05, 4.69) is 5.32 Å². The summed E-state index contributed by atoms with van der Waals surface area (Å²) in [5.41, 5.74) is 1.54. The van der Waals surface area contributed by atoms with Crippen LogP contribution < -0.4 is 10.1 Å². The minimum atomic E-state index is -0.106. The number of amides is 1. The van der Waals surface area contributed by atoms with Crippen LogP contribution in [0, 0.1) is 6.92 Å². The summed E-state index contributed by atoms with van der Waals surface area (Å²) >= 11 is 0. The predicted molar refractivity (Wildman–Crippen MR) is 69.0 cm³/mol. The first-order valence-electron chi connectivity index (χ1n) is 6.25. The molecule has 1 aliphatic heterocycles. The lowest BCUT2D eigenvalue weighted by Gasteiger charge is -2.13. The molecule has 2 rings (SSSR count). The molecular weight excluding hydrogens is 230 g/mol. The zero-order valence-electron chi connectivity index (χ0n) is 10.9. The van der Waals surface area contributed by atoms with Gasteiger partial charge in [0.25, 0.3) is 5.91 Å². The normalized spacial score (nSPS) is 18.7. The number of para-hydroxylation sites is 1. The maximum atomic E-state index is 12.1. The maximum Gasteiger partial charge on any atom is 0.255 e. The zero-order chi connectivity index (χ0) is 13.0. The van der Waals surface area contributed by atoms with Crippen molar-refractivity contribution in [2.24, 2.45) is 0 Å². The van der Waals surface area contributed by atoms with E-state index in [1.54, 1.807) is 13.2 Å². The van der Waals surface area contributed by atoms with Gasteiger partial charge >= 0.3 is 0 Å². The molecule has 1 heterocycles. The van der Waals surface area contributed by atoms with Crippen molar-refractivity contribution in [3.8, 4) is 5.75 Å². The van der Waals surface area contributed by atoms with E-state index in [1.165, 1.54) is 0 Å². The molecule has 1 saturated heterocycles. The summed E-state index contributed by atoms with van der Waals surface area (Å²) in [5.74, 6) is 0.536. The van der Waals surface area contributed by atoms with E-state index >= 15 is 0 Å². The number of carbonyl (C=O) groups excluding carboxylic acids is 1. The molecule has 1 aromatic rings. The minimum Gasteiger partial charge on any atom is -0.496 e. The Hall–Kier alpha value is -1.55. The van der Waals surface area contributed by atoms with Gasteiger partial charge < -0.3 is 14.8 Å². The molecule has 4 nitrogen and oxygen atoms in total. The lowest BCUT2D eigenvalue weighted by molar-refractivity contribution is 0.0855. The van der Waals surface area contributed by atoms with Crippen LogP contribution in [-0.4, -0.2) is 32.3 Å². The molecular formula is C14H19NO3. The highest BCUT2D eigenvalue weighted by atomic mass is 16.5. The summed E-state index contributed by atoms with van der Waals surface area (Å²) < 4.78 is 10.8. The van der Waals surface area contributed by atoms with Crippen LogP contribution in [0.25, 0.3) is 0 Å². The minimum absolute atomic E-state index is 0.106. The van der Waals surface area contributed by atoms with Crippen LogP contribution in [0.4, 0.5) is 0 Å². The third-order valence-corrected chi connectivity index (χ3v) is 3.17. The van der Waals surface area contributed by atoms with Gasteiger partial charge in [0, 0.05) is 13.2 Å². The first kappa shape index (κ1) is 12.9. The Kier molecular flexibility index (Phi) is 4.20. The molecule has 1 atom stereocenters. The predicted octanol–water partition coefficient (Wildman–Crippen LogP) is 1.91. The maximum absolute atomic E-state index is 12.1. The first-order chi connectivity index (χ1) is 8.72. The summed E-state index contributed by atoms with van der Waals surface area (Å²) in [6.45, 7) is 3.29. The number of benzene rings is 1. The SMILES string of the molecule is COc1c(C)cccc1C(=O)NC[C@@H]1CCCO1. The summed E-state index contributed by atoms with van der Waals surface area (Å²) in [7, 11) is 1.58. The molecule has 18 heavy (non-hydrogen) atoms. The van der Waals surface area contributed by atoms with E-state index in [9.17, 15) is 4.79 Å². The monoisotopic (exact) mass is 249 g/mol. The lowest BCUT2D eigenvalue weighted by Crippen LogP contribution is -2.32. The number of aryl methyl sites for hydroxylation is 1. The van der Waals surface area contributed by atoms with E-state index in [1.807, 2.05) is 19.1 Å². The second-order valence-corrected chi connectivity index (χ2v) is 4.50. The van der Waals surface area contributed by atoms with Gasteiger partial charge in [0.2, 0.25) is 0 Å². The first-order valence-corrected chi connectivity index (χ1v) is 6.25. The van der Waals surface area contributed by atoms with Crippen molar-refractivity contribution in [1.82, 2.24) is 5.32 Å². The second kappa shape index (κ2) is 5.87. The third-order valence-electron chi connectivity index (χ3n) is 3.17. The van der Waals surface area contributed by atoms with Gasteiger partial charge in [0.05, 0.1) is 18.8 Å².